The molecule has 17 heavy (non-hydrogen) atoms. The molecule has 0 amide bonds. The molecule has 0 unspecified atom stereocenters. The Hall–Kier alpha value is -2.43. The first-order valence-corrected chi connectivity index (χ1v) is 5.02. The zero-order valence-corrected chi connectivity index (χ0v) is 9.21. The largest absolute Gasteiger partial charge is 0.476 e. The van der Waals surface area contributed by atoms with Crippen LogP contribution in [0.1, 0.15) is 16.2 Å². The molecular formula is C12H11N3O2. The van der Waals surface area contributed by atoms with Crippen molar-refractivity contribution in [2.75, 3.05) is 5.73 Å². The second kappa shape index (κ2) is 4.21. The molecule has 1 aromatic heterocycles. The molecule has 5 heteroatoms. The maximum Gasteiger partial charge on any atom is 0.358 e. The fourth-order valence-corrected chi connectivity index (χ4v) is 1.56. The minimum Gasteiger partial charge on any atom is -0.476 e. The molecule has 0 fully saturated rings. The van der Waals surface area contributed by atoms with E-state index < -0.39 is 5.97 Å². The molecule has 86 valence electrons. The highest BCUT2D eigenvalue weighted by molar-refractivity contribution is 5.91. The Bertz CT molecular complexity index is 567. The third kappa shape index (κ3) is 2.08. The van der Waals surface area contributed by atoms with Crippen LogP contribution in [0.4, 0.5) is 5.82 Å². The SMILES string of the molecule is Cc1nc(N)c(C(=O)O)nc1-c1ccccc1. The van der Waals surface area contributed by atoms with Gasteiger partial charge in [0, 0.05) is 5.56 Å². The van der Waals surface area contributed by atoms with Gasteiger partial charge in [0.15, 0.2) is 11.5 Å². The average Bonchev–Trinajstić information content (AvgIpc) is 2.29. The Balaban J connectivity index is 2.63. The molecule has 0 aliphatic carbocycles. The lowest BCUT2D eigenvalue weighted by Gasteiger charge is -2.07. The van der Waals surface area contributed by atoms with Gasteiger partial charge < -0.3 is 10.8 Å². The molecule has 0 aliphatic heterocycles. The van der Waals surface area contributed by atoms with Gasteiger partial charge in [0.1, 0.15) is 0 Å². The Kier molecular flexibility index (Phi) is 2.74. The molecule has 2 aromatic rings. The van der Waals surface area contributed by atoms with E-state index in [1.54, 1.807) is 6.92 Å². The number of carbonyl (C=O) groups is 1. The van der Waals surface area contributed by atoms with E-state index in [0.717, 1.165) is 5.56 Å². The van der Waals surface area contributed by atoms with Gasteiger partial charge in [0.05, 0.1) is 11.4 Å². The van der Waals surface area contributed by atoms with E-state index in [4.69, 9.17) is 10.8 Å². The van der Waals surface area contributed by atoms with Crippen molar-refractivity contribution in [2.24, 2.45) is 0 Å². The van der Waals surface area contributed by atoms with Crippen molar-refractivity contribution in [3.8, 4) is 11.3 Å². The van der Waals surface area contributed by atoms with Crippen LogP contribution >= 0.6 is 0 Å². The Morgan fingerprint density at radius 1 is 1.24 bits per heavy atom. The number of hydrogen-bond donors (Lipinski definition) is 2. The highest BCUT2D eigenvalue weighted by Crippen LogP contribution is 2.21. The second-order valence-corrected chi connectivity index (χ2v) is 3.56. The van der Waals surface area contributed by atoms with Crippen LogP contribution in [0.3, 0.4) is 0 Å². The fourth-order valence-electron chi connectivity index (χ4n) is 1.56. The van der Waals surface area contributed by atoms with Gasteiger partial charge in [-0.25, -0.2) is 14.8 Å². The molecule has 5 nitrogen and oxygen atoms in total. The number of rotatable bonds is 2. The lowest BCUT2D eigenvalue weighted by atomic mass is 10.1. The summed E-state index contributed by atoms with van der Waals surface area (Å²) in [5.41, 5.74) is 7.27. The predicted octanol–water partition coefficient (Wildman–Crippen LogP) is 1.73. The van der Waals surface area contributed by atoms with Gasteiger partial charge in [-0.3, -0.25) is 0 Å². The van der Waals surface area contributed by atoms with Crippen molar-refractivity contribution in [1.82, 2.24) is 9.97 Å². The highest BCUT2D eigenvalue weighted by Gasteiger charge is 2.15. The molecule has 0 bridgehead atoms. The molecule has 3 N–H and O–H groups in total. The lowest BCUT2D eigenvalue weighted by molar-refractivity contribution is 0.0691. The van der Waals surface area contributed by atoms with E-state index in [1.165, 1.54) is 0 Å². The monoisotopic (exact) mass is 229 g/mol. The Morgan fingerprint density at radius 2 is 1.88 bits per heavy atom. The second-order valence-electron chi connectivity index (χ2n) is 3.56. The van der Waals surface area contributed by atoms with Crippen LogP contribution in [-0.2, 0) is 0 Å². The summed E-state index contributed by atoms with van der Waals surface area (Å²) in [7, 11) is 0. The molecule has 2 rings (SSSR count). The van der Waals surface area contributed by atoms with Crippen molar-refractivity contribution in [3.05, 3.63) is 41.7 Å². The van der Waals surface area contributed by atoms with Crippen LogP contribution in [-0.4, -0.2) is 21.0 Å². The number of carboxylic acid groups (broad SMARTS) is 1. The van der Waals surface area contributed by atoms with Crippen molar-refractivity contribution < 1.29 is 9.90 Å². The number of aryl methyl sites for hydroxylation is 1. The van der Waals surface area contributed by atoms with Crippen LogP contribution in [0.5, 0.6) is 0 Å². The van der Waals surface area contributed by atoms with Crippen LogP contribution in [0.2, 0.25) is 0 Å². The van der Waals surface area contributed by atoms with E-state index in [1.807, 2.05) is 30.3 Å². The summed E-state index contributed by atoms with van der Waals surface area (Å²) in [5, 5.41) is 8.95. The molecule has 1 heterocycles. The maximum atomic E-state index is 10.9. The first-order chi connectivity index (χ1) is 8.09. The summed E-state index contributed by atoms with van der Waals surface area (Å²) in [6.07, 6.45) is 0. The zero-order chi connectivity index (χ0) is 12.4. The van der Waals surface area contributed by atoms with E-state index in [2.05, 4.69) is 9.97 Å². The van der Waals surface area contributed by atoms with E-state index in [9.17, 15) is 4.79 Å². The number of nitrogens with zero attached hydrogens (tertiary/aromatic N) is 2. The molecule has 0 spiro atoms. The van der Waals surface area contributed by atoms with Crippen molar-refractivity contribution in [1.29, 1.82) is 0 Å². The number of benzene rings is 1. The van der Waals surface area contributed by atoms with Crippen LogP contribution in [0.15, 0.2) is 30.3 Å². The van der Waals surface area contributed by atoms with Crippen molar-refractivity contribution >= 4 is 11.8 Å². The quantitative estimate of drug-likeness (QED) is 0.818. The van der Waals surface area contributed by atoms with E-state index >= 15 is 0 Å². The number of nitrogen functional groups attached to an aromatic ring is 1. The zero-order valence-electron chi connectivity index (χ0n) is 9.21. The third-order valence-electron chi connectivity index (χ3n) is 2.35. The number of nitrogens with two attached hydrogens (primary N) is 1. The van der Waals surface area contributed by atoms with Crippen molar-refractivity contribution in [3.63, 3.8) is 0 Å². The van der Waals surface area contributed by atoms with Gasteiger partial charge in [-0.2, -0.15) is 0 Å². The Morgan fingerprint density at radius 3 is 2.47 bits per heavy atom. The summed E-state index contributed by atoms with van der Waals surface area (Å²) in [5.74, 6) is -1.23. The summed E-state index contributed by atoms with van der Waals surface area (Å²) in [6.45, 7) is 1.75. The van der Waals surface area contributed by atoms with Gasteiger partial charge in [0.2, 0.25) is 0 Å². The van der Waals surface area contributed by atoms with Gasteiger partial charge in [0.25, 0.3) is 0 Å². The van der Waals surface area contributed by atoms with E-state index in [-0.39, 0.29) is 11.5 Å². The number of hydrogen-bond acceptors (Lipinski definition) is 4. The summed E-state index contributed by atoms with van der Waals surface area (Å²) in [4.78, 5) is 19.0. The van der Waals surface area contributed by atoms with Gasteiger partial charge in [-0.05, 0) is 6.92 Å². The molecule has 0 saturated heterocycles. The average molecular weight is 229 g/mol. The number of anilines is 1. The molecule has 1 aromatic carbocycles. The van der Waals surface area contributed by atoms with Gasteiger partial charge in [-0.15, -0.1) is 0 Å². The summed E-state index contributed by atoms with van der Waals surface area (Å²) >= 11 is 0. The van der Waals surface area contributed by atoms with Gasteiger partial charge in [-0.1, -0.05) is 30.3 Å². The number of aromatic carboxylic acids is 1. The summed E-state index contributed by atoms with van der Waals surface area (Å²) in [6, 6.07) is 9.28. The van der Waals surface area contributed by atoms with Crippen molar-refractivity contribution in [2.45, 2.75) is 6.92 Å². The standard InChI is InChI=1S/C12H11N3O2/c1-7-9(8-5-3-2-4-6-8)15-10(12(16)17)11(13)14-7/h2-6H,1H3,(H2,13,14)(H,16,17). The minimum atomic E-state index is -1.17. The molecule has 0 aliphatic rings. The smallest absolute Gasteiger partial charge is 0.358 e. The Labute approximate surface area is 98.0 Å². The number of carboxylic acids is 1. The normalized spacial score (nSPS) is 10.2. The third-order valence-corrected chi connectivity index (χ3v) is 2.35. The minimum absolute atomic E-state index is 0.0605. The fraction of sp³-hybridized carbons (Fsp3) is 0.0833. The molecule has 0 saturated carbocycles. The predicted molar refractivity (Wildman–Crippen MR) is 63.6 cm³/mol. The van der Waals surface area contributed by atoms with Gasteiger partial charge >= 0.3 is 5.97 Å². The molecule has 0 atom stereocenters. The highest BCUT2D eigenvalue weighted by atomic mass is 16.4. The number of aromatic nitrogens is 2. The first-order valence-electron chi connectivity index (χ1n) is 5.02. The van der Waals surface area contributed by atoms with Crippen LogP contribution < -0.4 is 5.73 Å². The maximum absolute atomic E-state index is 10.9. The molecule has 0 radical (unpaired) electrons. The summed E-state index contributed by atoms with van der Waals surface area (Å²) < 4.78 is 0. The topological polar surface area (TPSA) is 89.1 Å². The molecular weight excluding hydrogens is 218 g/mol. The lowest BCUT2D eigenvalue weighted by Crippen LogP contribution is -2.10. The van der Waals surface area contributed by atoms with Crippen LogP contribution in [0.25, 0.3) is 11.3 Å². The van der Waals surface area contributed by atoms with Crippen LogP contribution in [0, 0.1) is 6.92 Å². The van der Waals surface area contributed by atoms with E-state index in [0.29, 0.717) is 11.4 Å². The first kappa shape index (κ1) is 11.1.